The summed E-state index contributed by atoms with van der Waals surface area (Å²) in [6.07, 6.45) is -4.97. The second-order valence-electron chi connectivity index (χ2n) is 7.83. The summed E-state index contributed by atoms with van der Waals surface area (Å²) in [4.78, 5) is 25.9. The molecule has 0 unspecified atom stereocenters. The van der Waals surface area contributed by atoms with Crippen molar-refractivity contribution in [1.82, 2.24) is 0 Å². The lowest BCUT2D eigenvalue weighted by Crippen LogP contribution is -2.16. The van der Waals surface area contributed by atoms with Crippen LogP contribution in [0.4, 0.5) is 13.2 Å². The minimum absolute atomic E-state index is 0.00454. The first-order chi connectivity index (χ1) is 17.1. The van der Waals surface area contributed by atoms with Crippen molar-refractivity contribution in [2.75, 3.05) is 0 Å². The van der Waals surface area contributed by atoms with Crippen LogP contribution in [0.5, 0.6) is 5.75 Å². The van der Waals surface area contributed by atoms with Gasteiger partial charge in [0.05, 0.1) is 21.5 Å². The van der Waals surface area contributed by atoms with Crippen LogP contribution in [-0.2, 0) is 6.18 Å². The Morgan fingerprint density at radius 1 is 0.861 bits per heavy atom. The number of rotatable bonds is 3. The Bertz CT molecular complexity index is 1720. The fourth-order valence-corrected chi connectivity index (χ4v) is 4.43. The first kappa shape index (κ1) is 23.9. The highest BCUT2D eigenvalue weighted by Gasteiger charge is 2.39. The molecule has 0 aliphatic rings. The third-order valence-electron chi connectivity index (χ3n) is 5.54. The molecule has 0 radical (unpaired) electrons. The van der Waals surface area contributed by atoms with Crippen LogP contribution in [0.3, 0.4) is 0 Å². The van der Waals surface area contributed by atoms with E-state index >= 15 is 0 Å². The maximum absolute atomic E-state index is 14.1. The average molecular weight is 529 g/mol. The summed E-state index contributed by atoms with van der Waals surface area (Å²) in [5.41, 5.74) is -1.74. The normalized spacial score (nSPS) is 11.7. The molecule has 1 heterocycles. The Kier molecular flexibility index (Phi) is 5.98. The molecule has 0 atom stereocenters. The third-order valence-corrected chi connectivity index (χ3v) is 6.09. The molecule has 9 heteroatoms. The number of hydrogen-bond acceptors (Lipinski definition) is 4. The fraction of sp³-hybridized carbons (Fsp3) is 0.0370. The molecule has 5 aromatic rings. The van der Waals surface area contributed by atoms with Gasteiger partial charge in [-0.15, -0.1) is 0 Å². The second-order valence-corrected chi connectivity index (χ2v) is 8.68. The highest BCUT2D eigenvalue weighted by Crippen LogP contribution is 2.40. The van der Waals surface area contributed by atoms with E-state index in [0.717, 1.165) is 6.07 Å². The van der Waals surface area contributed by atoms with Crippen molar-refractivity contribution >= 4 is 50.9 Å². The largest absolute Gasteiger partial charge is 0.450 e. The molecule has 36 heavy (non-hydrogen) atoms. The van der Waals surface area contributed by atoms with E-state index in [1.807, 2.05) is 0 Å². The van der Waals surface area contributed by atoms with Crippen LogP contribution in [0.15, 0.2) is 88.1 Å². The smallest absolute Gasteiger partial charge is 0.450 e. The third kappa shape index (κ3) is 4.32. The maximum Gasteiger partial charge on any atom is 0.450 e. The van der Waals surface area contributed by atoms with Crippen molar-refractivity contribution in [2.45, 2.75) is 6.18 Å². The lowest BCUT2D eigenvalue weighted by atomic mass is 9.96. The molecule has 1 aromatic heterocycles. The van der Waals surface area contributed by atoms with Crippen LogP contribution in [0.1, 0.15) is 16.1 Å². The van der Waals surface area contributed by atoms with Gasteiger partial charge in [0.15, 0.2) is 0 Å². The number of ether oxygens (including phenoxy) is 1. The van der Waals surface area contributed by atoms with Crippen molar-refractivity contribution < 1.29 is 27.1 Å². The van der Waals surface area contributed by atoms with Gasteiger partial charge >= 0.3 is 12.1 Å². The Labute approximate surface area is 211 Å². The van der Waals surface area contributed by atoms with Gasteiger partial charge in [0.1, 0.15) is 11.3 Å². The fourth-order valence-electron chi connectivity index (χ4n) is 3.94. The van der Waals surface area contributed by atoms with E-state index in [1.54, 1.807) is 36.4 Å². The van der Waals surface area contributed by atoms with Gasteiger partial charge in [-0.25, -0.2) is 4.79 Å². The van der Waals surface area contributed by atoms with E-state index in [4.69, 9.17) is 32.4 Å². The minimum Gasteiger partial charge on any atom is -0.450 e. The summed E-state index contributed by atoms with van der Waals surface area (Å²) in [5.74, 6) is -2.44. The number of carbonyl (C=O) groups excluding carboxylic acids is 1. The summed E-state index contributed by atoms with van der Waals surface area (Å²) < 4.78 is 52.8. The first-order valence-corrected chi connectivity index (χ1v) is 11.2. The molecule has 0 amide bonds. The Balaban J connectivity index is 1.66. The molecule has 0 saturated heterocycles. The highest BCUT2D eigenvalue weighted by atomic mass is 35.5. The molecular weight excluding hydrogens is 516 g/mol. The Hall–Kier alpha value is -3.81. The van der Waals surface area contributed by atoms with Gasteiger partial charge in [-0.3, -0.25) is 4.79 Å². The van der Waals surface area contributed by atoms with E-state index < -0.39 is 28.9 Å². The highest BCUT2D eigenvalue weighted by molar-refractivity contribution is 6.36. The van der Waals surface area contributed by atoms with Gasteiger partial charge in [-0.1, -0.05) is 65.7 Å². The van der Waals surface area contributed by atoms with Crippen LogP contribution >= 0.6 is 23.2 Å². The Morgan fingerprint density at radius 3 is 2.36 bits per heavy atom. The summed E-state index contributed by atoms with van der Waals surface area (Å²) in [6, 6.07) is 19.3. The van der Waals surface area contributed by atoms with Crippen LogP contribution in [-0.4, -0.2) is 5.97 Å². The quantitative estimate of drug-likeness (QED) is 0.175. The summed E-state index contributed by atoms with van der Waals surface area (Å²) in [6.45, 7) is 0. The molecule has 0 fully saturated rings. The van der Waals surface area contributed by atoms with Crippen LogP contribution in [0.25, 0.3) is 32.9 Å². The molecule has 180 valence electrons. The summed E-state index contributed by atoms with van der Waals surface area (Å²) in [7, 11) is 0. The maximum atomic E-state index is 14.1. The molecule has 0 aliphatic heterocycles. The molecular formula is C27H13Cl2F3O4. The zero-order valence-corrected chi connectivity index (χ0v) is 19.5. The van der Waals surface area contributed by atoms with Gasteiger partial charge in [-0.2, -0.15) is 13.2 Å². The minimum atomic E-state index is -4.97. The first-order valence-electron chi connectivity index (χ1n) is 10.5. The van der Waals surface area contributed by atoms with Crippen molar-refractivity contribution in [3.8, 4) is 16.9 Å². The van der Waals surface area contributed by atoms with Crippen molar-refractivity contribution in [2.24, 2.45) is 0 Å². The van der Waals surface area contributed by atoms with Crippen molar-refractivity contribution in [3.63, 3.8) is 0 Å². The monoisotopic (exact) mass is 528 g/mol. The lowest BCUT2D eigenvalue weighted by molar-refractivity contribution is -0.152. The lowest BCUT2D eigenvalue weighted by Gasteiger charge is -2.15. The van der Waals surface area contributed by atoms with Crippen LogP contribution < -0.4 is 10.2 Å². The predicted octanol–water partition coefficient (Wildman–Crippen LogP) is 8.16. The Morgan fingerprint density at radius 2 is 1.61 bits per heavy atom. The van der Waals surface area contributed by atoms with Crippen LogP contribution in [0.2, 0.25) is 10.0 Å². The second kappa shape index (κ2) is 9.00. The van der Waals surface area contributed by atoms with E-state index in [2.05, 4.69) is 0 Å². The van der Waals surface area contributed by atoms with Crippen molar-refractivity contribution in [1.29, 1.82) is 0 Å². The van der Waals surface area contributed by atoms with Gasteiger partial charge in [0, 0.05) is 11.1 Å². The van der Waals surface area contributed by atoms with Gasteiger partial charge in [0.25, 0.3) is 0 Å². The number of benzene rings is 4. The number of carbonyl (C=O) groups is 1. The van der Waals surface area contributed by atoms with E-state index in [0.29, 0.717) is 15.8 Å². The number of fused-ring (bicyclic) bond motifs is 2. The van der Waals surface area contributed by atoms with Gasteiger partial charge < -0.3 is 9.15 Å². The number of esters is 1. The van der Waals surface area contributed by atoms with Gasteiger partial charge in [0.2, 0.25) is 11.2 Å². The molecule has 0 bridgehead atoms. The molecule has 0 saturated carbocycles. The predicted molar refractivity (Wildman–Crippen MR) is 132 cm³/mol. The SMILES string of the molecule is O=C(Oc1ccc2c(=O)c(-c3cccc4ccccc34)c(C(F)(F)F)oc2c1)c1ccc(Cl)cc1Cl. The number of halogens is 5. The number of hydrogen-bond donors (Lipinski definition) is 0. The van der Waals surface area contributed by atoms with Crippen LogP contribution in [0, 0.1) is 0 Å². The zero-order chi connectivity index (χ0) is 25.6. The standard InChI is InChI=1S/C27H13Cl2F3O4/c28-15-8-10-19(21(29)12-15)26(34)35-16-9-11-20-22(13-16)36-25(27(30,31)32)23(24(20)33)18-7-3-5-14-4-1-2-6-17(14)18/h1-13H. The number of alkyl halides is 3. The molecule has 4 aromatic carbocycles. The molecule has 5 rings (SSSR count). The summed E-state index contributed by atoms with van der Waals surface area (Å²) in [5, 5.41) is 1.40. The topological polar surface area (TPSA) is 56.5 Å². The van der Waals surface area contributed by atoms with Gasteiger partial charge in [-0.05, 0) is 46.7 Å². The van der Waals surface area contributed by atoms with E-state index in [9.17, 15) is 22.8 Å². The molecule has 4 nitrogen and oxygen atoms in total. The molecule has 0 spiro atoms. The van der Waals surface area contributed by atoms with Crippen molar-refractivity contribution in [3.05, 3.63) is 110 Å². The summed E-state index contributed by atoms with van der Waals surface area (Å²) >= 11 is 11.9. The van der Waals surface area contributed by atoms with E-state index in [-0.39, 0.29) is 32.9 Å². The average Bonchev–Trinajstić information content (AvgIpc) is 2.83. The zero-order valence-electron chi connectivity index (χ0n) is 18.0. The molecule has 0 aliphatic carbocycles. The molecule has 0 N–H and O–H groups in total. The van der Waals surface area contributed by atoms with E-state index in [1.165, 1.54) is 36.4 Å².